The summed E-state index contributed by atoms with van der Waals surface area (Å²) < 4.78 is 0. The summed E-state index contributed by atoms with van der Waals surface area (Å²) in [6.07, 6.45) is 0.586. The van der Waals surface area contributed by atoms with Crippen LogP contribution in [0.5, 0.6) is 0 Å². The largest absolute Gasteiger partial charge is 0.396 e. The lowest BCUT2D eigenvalue weighted by atomic mass is 10.00. The summed E-state index contributed by atoms with van der Waals surface area (Å²) in [5, 5.41) is 9.46. The lowest BCUT2D eigenvalue weighted by Gasteiger charge is -2.13. The number of halogens is 1. The fourth-order valence-electron chi connectivity index (χ4n) is 1.35. The molecule has 1 atom stereocenters. The molecule has 0 aromatic heterocycles. The van der Waals surface area contributed by atoms with E-state index in [0.717, 1.165) is 16.1 Å². The first-order valence-corrected chi connectivity index (χ1v) is 4.65. The zero-order valence-corrected chi connectivity index (χ0v) is 8.38. The molecule has 0 bridgehead atoms. The molecule has 0 amide bonds. The number of hydrogen-bond donors (Lipinski definition) is 2. The fraction of sp³-hybridized carbons (Fsp3) is 0.400. The van der Waals surface area contributed by atoms with Crippen LogP contribution in [0.1, 0.15) is 23.6 Å². The first kappa shape index (κ1) is 10.5. The smallest absolute Gasteiger partial charge is 0.0449 e. The van der Waals surface area contributed by atoms with Crippen LogP contribution in [-0.2, 0) is 0 Å². The molecule has 3 heteroatoms. The van der Waals surface area contributed by atoms with E-state index in [-0.39, 0.29) is 12.6 Å². The summed E-state index contributed by atoms with van der Waals surface area (Å²) in [7, 11) is 0. The predicted molar refractivity (Wildman–Crippen MR) is 54.8 cm³/mol. The standard InChI is InChI=1S/C10H14ClNO/c1-7-6-8(11)2-3-9(7)10(12)4-5-13/h2-3,6,10,13H,4-5,12H2,1H3. The van der Waals surface area contributed by atoms with Crippen LogP contribution in [0.15, 0.2) is 18.2 Å². The lowest BCUT2D eigenvalue weighted by Crippen LogP contribution is -2.13. The highest BCUT2D eigenvalue weighted by Gasteiger charge is 2.07. The van der Waals surface area contributed by atoms with Gasteiger partial charge in [-0.05, 0) is 36.6 Å². The summed E-state index contributed by atoms with van der Waals surface area (Å²) in [6.45, 7) is 2.09. The maximum absolute atomic E-state index is 8.74. The molecule has 0 aliphatic heterocycles. The van der Waals surface area contributed by atoms with Gasteiger partial charge in [-0.25, -0.2) is 0 Å². The van der Waals surface area contributed by atoms with E-state index >= 15 is 0 Å². The number of aliphatic hydroxyl groups is 1. The van der Waals surface area contributed by atoms with Crippen LogP contribution in [0.2, 0.25) is 5.02 Å². The first-order chi connectivity index (χ1) is 6.15. The Bertz CT molecular complexity index is 288. The van der Waals surface area contributed by atoms with Gasteiger partial charge in [0, 0.05) is 17.7 Å². The zero-order chi connectivity index (χ0) is 9.84. The highest BCUT2D eigenvalue weighted by Crippen LogP contribution is 2.21. The molecular formula is C10H14ClNO. The second kappa shape index (κ2) is 4.61. The van der Waals surface area contributed by atoms with Gasteiger partial charge in [-0.3, -0.25) is 0 Å². The van der Waals surface area contributed by atoms with E-state index in [1.807, 2.05) is 25.1 Å². The third kappa shape index (κ3) is 2.69. The van der Waals surface area contributed by atoms with E-state index in [0.29, 0.717) is 6.42 Å². The summed E-state index contributed by atoms with van der Waals surface area (Å²) in [5.41, 5.74) is 7.98. The van der Waals surface area contributed by atoms with Crippen LogP contribution in [0.3, 0.4) is 0 Å². The molecular weight excluding hydrogens is 186 g/mol. The highest BCUT2D eigenvalue weighted by molar-refractivity contribution is 6.30. The lowest BCUT2D eigenvalue weighted by molar-refractivity contribution is 0.276. The summed E-state index contributed by atoms with van der Waals surface area (Å²) >= 11 is 5.81. The number of aryl methyl sites for hydroxylation is 1. The van der Waals surface area contributed by atoms with Crippen molar-refractivity contribution in [2.24, 2.45) is 5.73 Å². The zero-order valence-electron chi connectivity index (χ0n) is 7.63. The van der Waals surface area contributed by atoms with Crippen molar-refractivity contribution < 1.29 is 5.11 Å². The Morgan fingerprint density at radius 3 is 2.77 bits per heavy atom. The van der Waals surface area contributed by atoms with E-state index in [4.69, 9.17) is 22.4 Å². The fourth-order valence-corrected chi connectivity index (χ4v) is 1.58. The van der Waals surface area contributed by atoms with Gasteiger partial charge in [0.2, 0.25) is 0 Å². The average Bonchev–Trinajstić information content (AvgIpc) is 2.04. The van der Waals surface area contributed by atoms with Gasteiger partial charge in [0.1, 0.15) is 0 Å². The molecule has 1 aromatic rings. The van der Waals surface area contributed by atoms with E-state index in [1.165, 1.54) is 0 Å². The maximum Gasteiger partial charge on any atom is 0.0449 e. The molecule has 0 aliphatic carbocycles. The van der Waals surface area contributed by atoms with Crippen molar-refractivity contribution in [1.82, 2.24) is 0 Å². The van der Waals surface area contributed by atoms with Crippen molar-refractivity contribution in [2.75, 3.05) is 6.61 Å². The predicted octanol–water partition coefficient (Wildman–Crippen LogP) is 2.03. The molecule has 72 valence electrons. The molecule has 3 N–H and O–H groups in total. The van der Waals surface area contributed by atoms with Gasteiger partial charge in [-0.15, -0.1) is 0 Å². The number of nitrogens with two attached hydrogens (primary N) is 1. The van der Waals surface area contributed by atoms with Crippen LogP contribution in [-0.4, -0.2) is 11.7 Å². The van der Waals surface area contributed by atoms with Crippen molar-refractivity contribution in [3.63, 3.8) is 0 Å². The average molecular weight is 200 g/mol. The number of benzene rings is 1. The van der Waals surface area contributed by atoms with Crippen molar-refractivity contribution in [3.8, 4) is 0 Å². The van der Waals surface area contributed by atoms with Gasteiger partial charge >= 0.3 is 0 Å². The summed E-state index contributed by atoms with van der Waals surface area (Å²) in [6, 6.07) is 5.52. The van der Waals surface area contributed by atoms with Crippen molar-refractivity contribution in [1.29, 1.82) is 0 Å². The second-order valence-electron chi connectivity index (χ2n) is 3.12. The molecule has 0 saturated carbocycles. The van der Waals surface area contributed by atoms with Gasteiger partial charge in [-0.2, -0.15) is 0 Å². The molecule has 0 fully saturated rings. The minimum absolute atomic E-state index is 0.0951. The van der Waals surface area contributed by atoms with Gasteiger partial charge < -0.3 is 10.8 Å². The minimum Gasteiger partial charge on any atom is -0.396 e. The third-order valence-electron chi connectivity index (χ3n) is 2.07. The number of rotatable bonds is 3. The molecule has 13 heavy (non-hydrogen) atoms. The Kier molecular flexibility index (Phi) is 3.72. The first-order valence-electron chi connectivity index (χ1n) is 4.27. The number of hydrogen-bond acceptors (Lipinski definition) is 2. The quantitative estimate of drug-likeness (QED) is 0.783. The van der Waals surface area contributed by atoms with Crippen LogP contribution in [0.4, 0.5) is 0 Å². The molecule has 1 unspecified atom stereocenters. The Morgan fingerprint density at radius 2 is 2.23 bits per heavy atom. The van der Waals surface area contributed by atoms with Gasteiger partial charge in [0.25, 0.3) is 0 Å². The normalized spacial score (nSPS) is 12.9. The molecule has 0 saturated heterocycles. The van der Waals surface area contributed by atoms with Crippen molar-refractivity contribution in [2.45, 2.75) is 19.4 Å². The topological polar surface area (TPSA) is 46.2 Å². The van der Waals surface area contributed by atoms with Crippen LogP contribution < -0.4 is 5.73 Å². The SMILES string of the molecule is Cc1cc(Cl)ccc1C(N)CCO. The monoisotopic (exact) mass is 199 g/mol. The highest BCUT2D eigenvalue weighted by atomic mass is 35.5. The maximum atomic E-state index is 8.74. The van der Waals surface area contributed by atoms with E-state index in [2.05, 4.69) is 0 Å². The van der Waals surface area contributed by atoms with Crippen molar-refractivity contribution in [3.05, 3.63) is 34.3 Å². The van der Waals surface area contributed by atoms with Crippen LogP contribution >= 0.6 is 11.6 Å². The van der Waals surface area contributed by atoms with E-state index in [1.54, 1.807) is 0 Å². The molecule has 1 aromatic carbocycles. The molecule has 0 radical (unpaired) electrons. The molecule has 0 spiro atoms. The third-order valence-corrected chi connectivity index (χ3v) is 2.31. The van der Waals surface area contributed by atoms with Gasteiger partial charge in [0.05, 0.1) is 0 Å². The van der Waals surface area contributed by atoms with Crippen molar-refractivity contribution >= 4 is 11.6 Å². The van der Waals surface area contributed by atoms with Gasteiger partial charge in [-0.1, -0.05) is 17.7 Å². The van der Waals surface area contributed by atoms with Crippen LogP contribution in [0.25, 0.3) is 0 Å². The number of aliphatic hydroxyl groups excluding tert-OH is 1. The molecule has 2 nitrogen and oxygen atoms in total. The molecule has 0 heterocycles. The summed E-state index contributed by atoms with van der Waals surface area (Å²) in [5.74, 6) is 0. The Balaban J connectivity index is 2.88. The van der Waals surface area contributed by atoms with Gasteiger partial charge in [0.15, 0.2) is 0 Å². The van der Waals surface area contributed by atoms with E-state index in [9.17, 15) is 0 Å². The Labute approximate surface area is 83.3 Å². The Hall–Kier alpha value is -0.570. The van der Waals surface area contributed by atoms with Crippen LogP contribution in [0, 0.1) is 6.92 Å². The van der Waals surface area contributed by atoms with E-state index < -0.39 is 0 Å². The second-order valence-corrected chi connectivity index (χ2v) is 3.56. The molecule has 0 aliphatic rings. The minimum atomic E-state index is -0.0951. The summed E-state index contributed by atoms with van der Waals surface area (Å²) in [4.78, 5) is 0. The Morgan fingerprint density at radius 1 is 1.54 bits per heavy atom. The molecule has 1 rings (SSSR count).